The minimum absolute atomic E-state index is 0.280. The van der Waals surface area contributed by atoms with Gasteiger partial charge < -0.3 is 25.0 Å². The van der Waals surface area contributed by atoms with Gasteiger partial charge >= 0.3 is 0 Å². The molecule has 0 aromatic rings. The topological polar surface area (TPSA) is 85.5 Å². The molecule has 5 unspecified atom stereocenters. The summed E-state index contributed by atoms with van der Waals surface area (Å²) in [6.45, 7) is 3.27. The van der Waals surface area contributed by atoms with Crippen molar-refractivity contribution in [3.63, 3.8) is 0 Å². The molecule has 18 heavy (non-hydrogen) atoms. The van der Waals surface area contributed by atoms with Crippen LogP contribution in [0, 0.1) is 5.92 Å². The number of ether oxygens (including phenoxy) is 1. The van der Waals surface area contributed by atoms with Gasteiger partial charge in [0.2, 0.25) is 0 Å². The first-order valence-electron chi connectivity index (χ1n) is 6.22. The van der Waals surface area contributed by atoms with Crippen molar-refractivity contribution in [1.82, 2.24) is 4.90 Å². The SMILES string of the molecule is CN(C)C1=NC2C(CC(C(C)(C)O)C(O)C2O)O1. The minimum atomic E-state index is -1.06. The van der Waals surface area contributed by atoms with Gasteiger partial charge in [0.1, 0.15) is 18.2 Å². The van der Waals surface area contributed by atoms with E-state index < -0.39 is 29.8 Å². The number of nitrogens with zero attached hydrogens (tertiary/aromatic N) is 2. The molecule has 0 bridgehead atoms. The summed E-state index contributed by atoms with van der Waals surface area (Å²) < 4.78 is 5.66. The zero-order valence-corrected chi connectivity index (χ0v) is 11.2. The summed E-state index contributed by atoms with van der Waals surface area (Å²) in [5.41, 5.74) is -1.06. The fourth-order valence-corrected chi connectivity index (χ4v) is 2.69. The third-order valence-electron chi connectivity index (χ3n) is 3.79. The van der Waals surface area contributed by atoms with Crippen molar-refractivity contribution in [2.75, 3.05) is 14.1 Å². The Bertz CT molecular complexity index is 350. The highest BCUT2D eigenvalue weighted by atomic mass is 16.5. The van der Waals surface area contributed by atoms with Crippen LogP contribution in [0.4, 0.5) is 0 Å². The highest BCUT2D eigenvalue weighted by Crippen LogP contribution is 2.38. The Morgan fingerprint density at radius 1 is 1.28 bits per heavy atom. The first-order chi connectivity index (χ1) is 8.21. The molecule has 1 fully saturated rings. The van der Waals surface area contributed by atoms with E-state index in [1.54, 1.807) is 18.7 Å². The molecule has 2 aliphatic rings. The zero-order valence-electron chi connectivity index (χ0n) is 11.2. The van der Waals surface area contributed by atoms with E-state index in [2.05, 4.69) is 4.99 Å². The lowest BCUT2D eigenvalue weighted by Crippen LogP contribution is -2.57. The third kappa shape index (κ3) is 2.20. The van der Waals surface area contributed by atoms with Crippen LogP contribution < -0.4 is 0 Å². The zero-order chi connectivity index (χ0) is 13.7. The molecule has 1 aliphatic carbocycles. The number of hydrogen-bond donors (Lipinski definition) is 3. The van der Waals surface area contributed by atoms with Crippen molar-refractivity contribution in [2.45, 2.75) is 50.2 Å². The highest BCUT2D eigenvalue weighted by Gasteiger charge is 2.51. The van der Waals surface area contributed by atoms with Crippen LogP contribution in [-0.4, -0.2) is 70.3 Å². The van der Waals surface area contributed by atoms with E-state index in [9.17, 15) is 15.3 Å². The molecule has 0 amide bonds. The van der Waals surface area contributed by atoms with Gasteiger partial charge in [0.15, 0.2) is 0 Å². The molecule has 1 aliphatic heterocycles. The van der Waals surface area contributed by atoms with Crippen LogP contribution in [0.15, 0.2) is 4.99 Å². The fraction of sp³-hybridized carbons (Fsp3) is 0.917. The van der Waals surface area contributed by atoms with Crippen LogP contribution >= 0.6 is 0 Å². The molecule has 6 heteroatoms. The standard InChI is InChI=1S/C12H22N2O4/c1-12(2,17)6-5-7-8(10(16)9(6)15)13-11(18-7)14(3)4/h6-10,15-17H,5H2,1-4H3. The summed E-state index contributed by atoms with van der Waals surface area (Å²) in [6, 6.07) is 0.0173. The van der Waals surface area contributed by atoms with E-state index >= 15 is 0 Å². The number of rotatable bonds is 1. The van der Waals surface area contributed by atoms with E-state index in [-0.39, 0.29) is 6.10 Å². The number of fused-ring (bicyclic) bond motifs is 1. The van der Waals surface area contributed by atoms with Gasteiger partial charge in [0.25, 0.3) is 6.02 Å². The van der Waals surface area contributed by atoms with Crippen LogP contribution in [0.3, 0.4) is 0 Å². The predicted octanol–water partition coefficient (Wildman–Crippen LogP) is -0.816. The monoisotopic (exact) mass is 258 g/mol. The van der Waals surface area contributed by atoms with E-state index in [0.717, 1.165) is 0 Å². The van der Waals surface area contributed by atoms with Gasteiger partial charge in [-0.25, -0.2) is 4.99 Å². The molecular weight excluding hydrogens is 236 g/mol. The summed E-state index contributed by atoms with van der Waals surface area (Å²) in [7, 11) is 3.62. The third-order valence-corrected chi connectivity index (χ3v) is 3.79. The van der Waals surface area contributed by atoms with E-state index in [0.29, 0.717) is 12.4 Å². The molecule has 0 radical (unpaired) electrons. The number of aliphatic imine (C=N–C) groups is 1. The smallest absolute Gasteiger partial charge is 0.287 e. The van der Waals surface area contributed by atoms with Crippen LogP contribution in [0.2, 0.25) is 0 Å². The molecule has 0 saturated heterocycles. The van der Waals surface area contributed by atoms with Crippen molar-refractivity contribution in [3.05, 3.63) is 0 Å². The van der Waals surface area contributed by atoms with Gasteiger partial charge in [-0.05, 0) is 20.3 Å². The van der Waals surface area contributed by atoms with Gasteiger partial charge in [-0.15, -0.1) is 0 Å². The summed E-state index contributed by atoms with van der Waals surface area (Å²) in [5, 5.41) is 30.3. The van der Waals surface area contributed by atoms with E-state index in [1.807, 2.05) is 14.1 Å². The minimum Gasteiger partial charge on any atom is -0.459 e. The number of aliphatic hydroxyl groups excluding tert-OH is 2. The highest BCUT2D eigenvalue weighted by molar-refractivity contribution is 5.75. The summed E-state index contributed by atoms with van der Waals surface area (Å²) in [6.07, 6.45) is -1.79. The van der Waals surface area contributed by atoms with Crippen LogP contribution in [0.5, 0.6) is 0 Å². The Labute approximate surface area is 107 Å². The van der Waals surface area contributed by atoms with Crippen molar-refractivity contribution in [3.8, 4) is 0 Å². The van der Waals surface area contributed by atoms with E-state index in [4.69, 9.17) is 4.74 Å². The molecule has 104 valence electrons. The predicted molar refractivity (Wildman–Crippen MR) is 66.2 cm³/mol. The largest absolute Gasteiger partial charge is 0.459 e. The fourth-order valence-electron chi connectivity index (χ4n) is 2.69. The van der Waals surface area contributed by atoms with Crippen LogP contribution in [0.25, 0.3) is 0 Å². The average molecular weight is 258 g/mol. The number of aliphatic hydroxyl groups is 3. The Morgan fingerprint density at radius 2 is 1.89 bits per heavy atom. The summed E-state index contributed by atoms with van der Waals surface area (Å²) in [5.74, 6) is -0.425. The van der Waals surface area contributed by atoms with Gasteiger partial charge in [-0.3, -0.25) is 0 Å². The molecule has 6 nitrogen and oxygen atoms in total. The first-order valence-corrected chi connectivity index (χ1v) is 6.22. The lowest BCUT2D eigenvalue weighted by atomic mass is 9.72. The number of hydrogen-bond acceptors (Lipinski definition) is 6. The second kappa shape index (κ2) is 4.36. The maximum absolute atomic E-state index is 10.1. The van der Waals surface area contributed by atoms with Gasteiger partial charge in [-0.2, -0.15) is 0 Å². The molecule has 1 saturated carbocycles. The molecule has 0 aromatic carbocycles. The van der Waals surface area contributed by atoms with Crippen molar-refractivity contribution in [2.24, 2.45) is 10.9 Å². The molecule has 2 rings (SSSR count). The second-order valence-electron chi connectivity index (χ2n) is 5.93. The molecule has 0 spiro atoms. The molecule has 1 heterocycles. The Hall–Kier alpha value is -0.850. The first kappa shape index (κ1) is 13.6. The Kier molecular flexibility index (Phi) is 3.29. The molecule has 5 atom stereocenters. The van der Waals surface area contributed by atoms with Gasteiger partial charge in [0.05, 0.1) is 11.7 Å². The maximum atomic E-state index is 10.1. The van der Waals surface area contributed by atoms with Crippen LogP contribution in [0.1, 0.15) is 20.3 Å². The molecule has 3 N–H and O–H groups in total. The van der Waals surface area contributed by atoms with Crippen LogP contribution in [-0.2, 0) is 4.74 Å². The second-order valence-corrected chi connectivity index (χ2v) is 5.93. The lowest BCUT2D eigenvalue weighted by Gasteiger charge is -2.42. The normalized spacial score (nSPS) is 39.9. The summed E-state index contributed by atoms with van der Waals surface area (Å²) in [4.78, 5) is 6.02. The molecular formula is C12H22N2O4. The quantitative estimate of drug-likeness (QED) is 0.572. The summed E-state index contributed by atoms with van der Waals surface area (Å²) >= 11 is 0. The number of amidine groups is 1. The molecule has 0 aromatic heterocycles. The average Bonchev–Trinajstić information content (AvgIpc) is 2.65. The maximum Gasteiger partial charge on any atom is 0.287 e. The lowest BCUT2D eigenvalue weighted by molar-refractivity contribution is -0.140. The van der Waals surface area contributed by atoms with Crippen molar-refractivity contribution in [1.29, 1.82) is 0 Å². The van der Waals surface area contributed by atoms with Gasteiger partial charge in [-0.1, -0.05) is 0 Å². The Balaban J connectivity index is 2.19. The van der Waals surface area contributed by atoms with Crippen molar-refractivity contribution < 1.29 is 20.1 Å². The van der Waals surface area contributed by atoms with Crippen molar-refractivity contribution >= 4 is 6.02 Å². The van der Waals surface area contributed by atoms with Gasteiger partial charge in [0, 0.05) is 20.0 Å². The Morgan fingerprint density at radius 3 is 2.39 bits per heavy atom. The van der Waals surface area contributed by atoms with E-state index in [1.165, 1.54) is 0 Å².